The number of urea groups is 1. The van der Waals surface area contributed by atoms with Crippen molar-refractivity contribution in [2.45, 2.75) is 51.1 Å². The van der Waals surface area contributed by atoms with E-state index in [1.165, 1.54) is 0 Å². The van der Waals surface area contributed by atoms with Gasteiger partial charge in [0.1, 0.15) is 0 Å². The minimum absolute atomic E-state index is 0.102. The Kier molecular flexibility index (Phi) is 5.64. The van der Waals surface area contributed by atoms with Crippen LogP contribution in [0, 0.1) is 0 Å². The van der Waals surface area contributed by atoms with Crippen molar-refractivity contribution in [2.24, 2.45) is 0 Å². The number of methoxy groups -OCH3 is 1. The lowest BCUT2D eigenvalue weighted by Gasteiger charge is -2.12. The summed E-state index contributed by atoms with van der Waals surface area (Å²) in [5, 5.41) is 13.9. The number of aromatic nitrogens is 4. The number of anilines is 1. The molecule has 136 valence electrons. The second-order valence-corrected chi connectivity index (χ2v) is 6.19. The first kappa shape index (κ1) is 17.4. The first-order valence-electron chi connectivity index (χ1n) is 8.59. The fourth-order valence-corrected chi connectivity index (χ4v) is 3.00. The molecule has 0 spiro atoms. The predicted octanol–water partition coefficient (Wildman–Crippen LogP) is 1.93. The fourth-order valence-electron chi connectivity index (χ4n) is 3.00. The summed E-state index contributed by atoms with van der Waals surface area (Å²) in [5.41, 5.74) is 0.660. The highest BCUT2D eigenvalue weighted by molar-refractivity contribution is 5.89. The number of rotatable bonds is 7. The molecule has 2 amide bonds. The number of aryl methyl sites for hydroxylation is 1. The monoisotopic (exact) mass is 348 g/mol. The standard InChI is InChI=1S/C16H24N6O3/c1-3-14-20-15(25-21-14)11-4-5-12(8-11)18-16(23)19-13-9-17-22(10-13)6-7-24-2/h9-12H,3-8H2,1-2H3,(H2,18,19,23). The van der Waals surface area contributed by atoms with E-state index in [2.05, 4.69) is 25.9 Å². The molecule has 1 saturated carbocycles. The van der Waals surface area contributed by atoms with Gasteiger partial charge in [-0.05, 0) is 19.3 Å². The Bertz CT molecular complexity index is 698. The first-order valence-corrected chi connectivity index (χ1v) is 8.59. The molecule has 3 rings (SSSR count). The van der Waals surface area contributed by atoms with Crippen molar-refractivity contribution in [3.63, 3.8) is 0 Å². The third-order valence-electron chi connectivity index (χ3n) is 4.33. The number of hydrogen-bond donors (Lipinski definition) is 2. The van der Waals surface area contributed by atoms with Crippen LogP contribution in [0.5, 0.6) is 0 Å². The summed E-state index contributed by atoms with van der Waals surface area (Å²) in [4.78, 5) is 16.5. The molecule has 2 N–H and O–H groups in total. The Morgan fingerprint density at radius 2 is 2.36 bits per heavy atom. The van der Waals surface area contributed by atoms with Crippen LogP contribution in [-0.2, 0) is 17.7 Å². The quantitative estimate of drug-likeness (QED) is 0.792. The molecule has 1 fully saturated rings. The average Bonchev–Trinajstić information content (AvgIpc) is 3.33. The Balaban J connectivity index is 1.46. The van der Waals surface area contributed by atoms with Crippen molar-refractivity contribution in [3.8, 4) is 0 Å². The number of nitrogens with one attached hydrogen (secondary N) is 2. The molecule has 2 aromatic rings. The van der Waals surface area contributed by atoms with Gasteiger partial charge in [0.2, 0.25) is 5.89 Å². The molecule has 0 aromatic carbocycles. The predicted molar refractivity (Wildman–Crippen MR) is 90.3 cm³/mol. The molecule has 0 bridgehead atoms. The summed E-state index contributed by atoms with van der Waals surface area (Å²) in [6, 6.07) is -0.123. The van der Waals surface area contributed by atoms with Crippen molar-refractivity contribution in [2.75, 3.05) is 19.0 Å². The normalized spacial score (nSPS) is 19.9. The molecular weight excluding hydrogens is 324 g/mol. The number of amides is 2. The Labute approximate surface area is 146 Å². The van der Waals surface area contributed by atoms with Crippen LogP contribution < -0.4 is 10.6 Å². The minimum atomic E-state index is -0.225. The smallest absolute Gasteiger partial charge is 0.319 e. The van der Waals surface area contributed by atoms with Crippen LogP contribution in [-0.4, -0.2) is 45.7 Å². The van der Waals surface area contributed by atoms with Crippen LogP contribution in [0.3, 0.4) is 0 Å². The number of ether oxygens (including phenoxy) is 1. The van der Waals surface area contributed by atoms with E-state index in [4.69, 9.17) is 9.26 Å². The Hall–Kier alpha value is -2.42. The van der Waals surface area contributed by atoms with Crippen molar-refractivity contribution in [1.82, 2.24) is 25.2 Å². The zero-order valence-corrected chi connectivity index (χ0v) is 14.6. The van der Waals surface area contributed by atoms with Gasteiger partial charge in [-0.15, -0.1) is 0 Å². The van der Waals surface area contributed by atoms with Gasteiger partial charge in [0.15, 0.2) is 5.82 Å². The van der Waals surface area contributed by atoms with E-state index >= 15 is 0 Å². The highest BCUT2D eigenvalue weighted by Gasteiger charge is 2.30. The third kappa shape index (κ3) is 4.56. The van der Waals surface area contributed by atoms with E-state index in [1.807, 2.05) is 6.92 Å². The minimum Gasteiger partial charge on any atom is -0.383 e. The maximum absolute atomic E-state index is 12.1. The van der Waals surface area contributed by atoms with E-state index < -0.39 is 0 Å². The molecule has 2 atom stereocenters. The van der Waals surface area contributed by atoms with E-state index in [1.54, 1.807) is 24.2 Å². The van der Waals surface area contributed by atoms with Gasteiger partial charge in [-0.2, -0.15) is 10.1 Å². The van der Waals surface area contributed by atoms with Crippen molar-refractivity contribution < 1.29 is 14.1 Å². The lowest BCUT2D eigenvalue weighted by molar-refractivity contribution is 0.183. The number of carbonyl (C=O) groups excluding carboxylic acids is 1. The molecule has 1 aliphatic rings. The van der Waals surface area contributed by atoms with Gasteiger partial charge in [-0.3, -0.25) is 4.68 Å². The van der Waals surface area contributed by atoms with Crippen molar-refractivity contribution in [3.05, 3.63) is 24.1 Å². The zero-order valence-electron chi connectivity index (χ0n) is 14.6. The fraction of sp³-hybridized carbons (Fsp3) is 0.625. The molecule has 2 unspecified atom stereocenters. The molecule has 25 heavy (non-hydrogen) atoms. The second-order valence-electron chi connectivity index (χ2n) is 6.19. The van der Waals surface area contributed by atoms with E-state index in [0.29, 0.717) is 24.7 Å². The van der Waals surface area contributed by atoms with Gasteiger partial charge < -0.3 is 19.9 Å². The molecule has 2 heterocycles. The van der Waals surface area contributed by atoms with E-state index in [0.717, 1.165) is 31.5 Å². The van der Waals surface area contributed by atoms with Gasteiger partial charge in [0.25, 0.3) is 0 Å². The highest BCUT2D eigenvalue weighted by atomic mass is 16.5. The molecule has 9 heteroatoms. The molecule has 2 aromatic heterocycles. The SMILES string of the molecule is CCc1noc(C2CCC(NC(=O)Nc3cnn(CCOC)c3)C2)n1. The van der Waals surface area contributed by atoms with Gasteiger partial charge in [0.05, 0.1) is 25.0 Å². The van der Waals surface area contributed by atoms with Crippen molar-refractivity contribution in [1.29, 1.82) is 0 Å². The van der Waals surface area contributed by atoms with Crippen LogP contribution >= 0.6 is 0 Å². The van der Waals surface area contributed by atoms with E-state index in [9.17, 15) is 4.79 Å². The summed E-state index contributed by atoms with van der Waals surface area (Å²) in [5.74, 6) is 1.63. The van der Waals surface area contributed by atoms with Gasteiger partial charge in [-0.1, -0.05) is 12.1 Å². The Morgan fingerprint density at radius 3 is 3.12 bits per heavy atom. The van der Waals surface area contributed by atoms with Crippen molar-refractivity contribution >= 4 is 11.7 Å². The summed E-state index contributed by atoms with van der Waals surface area (Å²) < 4.78 is 12.0. The lowest BCUT2D eigenvalue weighted by atomic mass is 10.1. The van der Waals surface area contributed by atoms with Gasteiger partial charge in [-0.25, -0.2) is 4.79 Å². The number of hydrogen-bond acceptors (Lipinski definition) is 6. The molecule has 0 radical (unpaired) electrons. The first-order chi connectivity index (χ1) is 12.2. The van der Waals surface area contributed by atoms with Crippen LogP contribution in [0.1, 0.15) is 43.8 Å². The topological polar surface area (TPSA) is 107 Å². The maximum Gasteiger partial charge on any atom is 0.319 e. The van der Waals surface area contributed by atoms with Crippen LogP contribution in [0.15, 0.2) is 16.9 Å². The third-order valence-corrected chi connectivity index (χ3v) is 4.33. The summed E-state index contributed by atoms with van der Waals surface area (Å²) in [7, 11) is 1.64. The molecule has 0 aliphatic heterocycles. The number of nitrogens with zero attached hydrogens (tertiary/aromatic N) is 4. The molecular formula is C16H24N6O3. The van der Waals surface area contributed by atoms with Crippen LogP contribution in [0.2, 0.25) is 0 Å². The van der Waals surface area contributed by atoms with Gasteiger partial charge >= 0.3 is 6.03 Å². The van der Waals surface area contributed by atoms with E-state index in [-0.39, 0.29) is 18.0 Å². The number of carbonyl (C=O) groups is 1. The summed E-state index contributed by atoms with van der Waals surface area (Å²) in [6.45, 7) is 3.22. The largest absolute Gasteiger partial charge is 0.383 e. The molecule has 9 nitrogen and oxygen atoms in total. The van der Waals surface area contributed by atoms with Crippen LogP contribution in [0.4, 0.5) is 10.5 Å². The molecule has 0 saturated heterocycles. The lowest BCUT2D eigenvalue weighted by Crippen LogP contribution is -2.36. The second kappa shape index (κ2) is 8.11. The van der Waals surface area contributed by atoms with Gasteiger partial charge in [0, 0.05) is 31.7 Å². The average molecular weight is 348 g/mol. The maximum atomic E-state index is 12.1. The summed E-state index contributed by atoms with van der Waals surface area (Å²) >= 11 is 0. The molecule has 1 aliphatic carbocycles. The van der Waals surface area contributed by atoms with Crippen LogP contribution in [0.25, 0.3) is 0 Å². The summed E-state index contributed by atoms with van der Waals surface area (Å²) in [6.07, 6.45) is 6.81. The highest BCUT2D eigenvalue weighted by Crippen LogP contribution is 2.33. The zero-order chi connectivity index (χ0) is 17.6. The Morgan fingerprint density at radius 1 is 1.48 bits per heavy atom.